The third-order valence-corrected chi connectivity index (χ3v) is 7.48. The quantitative estimate of drug-likeness (QED) is 0.816. The number of amides is 2. The van der Waals surface area contributed by atoms with Gasteiger partial charge < -0.3 is 0 Å². The summed E-state index contributed by atoms with van der Waals surface area (Å²) in [5, 5.41) is -0.271. The van der Waals surface area contributed by atoms with Gasteiger partial charge in [-0.05, 0) is 38.3 Å². The van der Waals surface area contributed by atoms with Crippen molar-refractivity contribution in [3.8, 4) is 0 Å². The molecule has 0 aliphatic carbocycles. The number of benzene rings is 1. The maximum Gasteiger partial charge on any atom is 0.289 e. The van der Waals surface area contributed by atoms with Crippen LogP contribution in [-0.4, -0.2) is 53.7 Å². The van der Waals surface area contributed by atoms with Crippen LogP contribution in [0.1, 0.15) is 23.1 Å². The number of rotatable bonds is 3. The van der Waals surface area contributed by atoms with E-state index in [-0.39, 0.29) is 29.5 Å². The number of nitrogens with zero attached hydrogens (tertiary/aromatic N) is 2. The van der Waals surface area contributed by atoms with Crippen LogP contribution in [0.2, 0.25) is 0 Å². The Balaban J connectivity index is 1.88. The van der Waals surface area contributed by atoms with Crippen LogP contribution < -0.4 is 0 Å². The molecule has 1 atom stereocenters. The topological polar surface area (TPSA) is 74.8 Å². The minimum Gasteiger partial charge on any atom is -0.273 e. The Labute approximate surface area is 146 Å². The summed E-state index contributed by atoms with van der Waals surface area (Å²) in [6.45, 7) is 6.02. The number of thioether (sulfide) groups is 1. The molecule has 3 rings (SSSR count). The number of hydrogen-bond donors (Lipinski definition) is 0. The van der Waals surface area contributed by atoms with E-state index in [9.17, 15) is 18.0 Å². The van der Waals surface area contributed by atoms with Gasteiger partial charge in [-0.15, -0.1) is 0 Å². The molecule has 1 aromatic carbocycles. The number of sulfonamides is 1. The average molecular weight is 368 g/mol. The second-order valence-corrected chi connectivity index (χ2v) is 9.15. The fraction of sp³-hybridized carbons (Fsp3) is 0.500. The van der Waals surface area contributed by atoms with Crippen LogP contribution in [0.15, 0.2) is 17.0 Å². The van der Waals surface area contributed by atoms with Crippen molar-refractivity contribution in [1.29, 1.82) is 0 Å². The van der Waals surface area contributed by atoms with Gasteiger partial charge in [-0.1, -0.05) is 29.5 Å². The van der Waals surface area contributed by atoms with Gasteiger partial charge >= 0.3 is 0 Å². The van der Waals surface area contributed by atoms with Gasteiger partial charge in [-0.2, -0.15) is 4.31 Å². The van der Waals surface area contributed by atoms with Gasteiger partial charge in [0, 0.05) is 13.1 Å². The standard InChI is InChI=1S/C16H20N2O4S2/c1-10-6-11(2)15(12(3)7-10)24(21,22)17-5-4-13(8-17)18-14(19)9-23-16(18)20/h6-7,13H,4-5,8-9H2,1-3H3. The molecule has 6 nitrogen and oxygen atoms in total. The van der Waals surface area contributed by atoms with E-state index in [2.05, 4.69) is 0 Å². The van der Waals surface area contributed by atoms with Gasteiger partial charge in [0.2, 0.25) is 15.9 Å². The summed E-state index contributed by atoms with van der Waals surface area (Å²) in [7, 11) is -3.64. The molecule has 0 spiro atoms. The Morgan fingerprint density at radius 2 is 1.75 bits per heavy atom. The zero-order valence-electron chi connectivity index (χ0n) is 13.9. The molecule has 2 heterocycles. The largest absolute Gasteiger partial charge is 0.289 e. The highest BCUT2D eigenvalue weighted by atomic mass is 32.2. The molecule has 2 aliphatic heterocycles. The van der Waals surface area contributed by atoms with E-state index in [1.165, 1.54) is 9.21 Å². The Hall–Kier alpha value is -1.38. The lowest BCUT2D eigenvalue weighted by atomic mass is 10.1. The van der Waals surface area contributed by atoms with Crippen molar-refractivity contribution in [2.45, 2.75) is 38.1 Å². The summed E-state index contributed by atoms with van der Waals surface area (Å²) in [6.07, 6.45) is 0.487. The monoisotopic (exact) mass is 368 g/mol. The first kappa shape index (κ1) is 17.4. The molecular weight excluding hydrogens is 348 g/mol. The number of hydrogen-bond acceptors (Lipinski definition) is 5. The van der Waals surface area contributed by atoms with E-state index < -0.39 is 10.0 Å². The molecule has 1 aromatic rings. The SMILES string of the molecule is Cc1cc(C)c(S(=O)(=O)N2CCC(N3C(=O)CSC3=O)C2)c(C)c1. The number of carbonyl (C=O) groups excluding carboxylic acids is 2. The molecule has 0 saturated carbocycles. The minimum atomic E-state index is -3.64. The fourth-order valence-corrected chi connectivity index (χ4v) is 6.24. The molecule has 1 unspecified atom stereocenters. The van der Waals surface area contributed by atoms with Gasteiger partial charge in [0.25, 0.3) is 5.24 Å². The molecule has 8 heteroatoms. The molecule has 2 fully saturated rings. The first-order chi connectivity index (χ1) is 11.2. The van der Waals surface area contributed by atoms with E-state index in [1.54, 1.807) is 13.8 Å². The van der Waals surface area contributed by atoms with Gasteiger partial charge in [0.05, 0.1) is 16.7 Å². The summed E-state index contributed by atoms with van der Waals surface area (Å²) in [5.41, 5.74) is 2.47. The van der Waals surface area contributed by atoms with Crippen molar-refractivity contribution in [3.05, 3.63) is 28.8 Å². The highest BCUT2D eigenvalue weighted by Gasteiger charge is 2.42. The van der Waals surface area contributed by atoms with E-state index in [4.69, 9.17) is 0 Å². The van der Waals surface area contributed by atoms with Crippen molar-refractivity contribution < 1.29 is 18.0 Å². The van der Waals surface area contributed by atoms with Gasteiger partial charge in [0.15, 0.2) is 0 Å². The summed E-state index contributed by atoms with van der Waals surface area (Å²) in [6, 6.07) is 3.36. The smallest absolute Gasteiger partial charge is 0.273 e. The maximum absolute atomic E-state index is 13.0. The number of carbonyl (C=O) groups is 2. The zero-order chi connectivity index (χ0) is 17.6. The third-order valence-electron chi connectivity index (χ3n) is 4.48. The third kappa shape index (κ3) is 2.87. The van der Waals surface area contributed by atoms with Crippen LogP contribution in [-0.2, 0) is 14.8 Å². The predicted octanol–water partition coefficient (Wildman–Crippen LogP) is 2.07. The van der Waals surface area contributed by atoms with Crippen molar-refractivity contribution in [3.63, 3.8) is 0 Å². The second kappa shape index (κ2) is 6.16. The average Bonchev–Trinajstić information content (AvgIpc) is 3.05. The number of imide groups is 1. The molecule has 0 radical (unpaired) electrons. The fourth-order valence-electron chi connectivity index (χ4n) is 3.56. The van der Waals surface area contributed by atoms with Crippen LogP contribution in [0.25, 0.3) is 0 Å². The van der Waals surface area contributed by atoms with Crippen LogP contribution in [0, 0.1) is 20.8 Å². The summed E-state index contributed by atoms with van der Waals surface area (Å²) >= 11 is 0.981. The minimum absolute atomic E-state index is 0.151. The molecule has 0 N–H and O–H groups in total. The Morgan fingerprint density at radius 1 is 1.12 bits per heavy atom. The second-order valence-electron chi connectivity index (χ2n) is 6.35. The van der Waals surface area contributed by atoms with Crippen LogP contribution in [0.5, 0.6) is 0 Å². The lowest BCUT2D eigenvalue weighted by Gasteiger charge is -2.23. The summed E-state index contributed by atoms with van der Waals surface area (Å²) in [5.74, 6) is -0.0740. The molecule has 2 saturated heterocycles. The van der Waals surface area contributed by atoms with Crippen molar-refractivity contribution >= 4 is 32.9 Å². The van der Waals surface area contributed by atoms with Crippen LogP contribution >= 0.6 is 11.8 Å². The van der Waals surface area contributed by atoms with Crippen molar-refractivity contribution in [2.75, 3.05) is 18.8 Å². The van der Waals surface area contributed by atoms with E-state index >= 15 is 0 Å². The highest BCUT2D eigenvalue weighted by molar-refractivity contribution is 8.14. The predicted molar refractivity (Wildman–Crippen MR) is 92.5 cm³/mol. The van der Waals surface area contributed by atoms with E-state index in [0.717, 1.165) is 28.5 Å². The maximum atomic E-state index is 13.0. The normalized spacial score (nSPS) is 22.6. The zero-order valence-corrected chi connectivity index (χ0v) is 15.5. The molecule has 0 aromatic heterocycles. The highest BCUT2D eigenvalue weighted by Crippen LogP contribution is 2.31. The van der Waals surface area contributed by atoms with Crippen molar-refractivity contribution in [1.82, 2.24) is 9.21 Å². The molecular formula is C16H20N2O4S2. The molecule has 0 bridgehead atoms. The molecule has 24 heavy (non-hydrogen) atoms. The van der Waals surface area contributed by atoms with Crippen LogP contribution in [0.4, 0.5) is 4.79 Å². The lowest BCUT2D eigenvalue weighted by molar-refractivity contribution is -0.126. The number of aryl methyl sites for hydroxylation is 3. The van der Waals surface area contributed by atoms with Gasteiger partial charge in [-0.3, -0.25) is 14.5 Å². The summed E-state index contributed by atoms with van der Waals surface area (Å²) in [4.78, 5) is 25.3. The van der Waals surface area contributed by atoms with Gasteiger partial charge in [-0.25, -0.2) is 8.42 Å². The Bertz CT molecular complexity index is 780. The lowest BCUT2D eigenvalue weighted by Crippen LogP contribution is -2.41. The first-order valence-corrected chi connectivity index (χ1v) is 10.2. The molecule has 2 aliphatic rings. The first-order valence-electron chi connectivity index (χ1n) is 7.78. The van der Waals surface area contributed by atoms with Gasteiger partial charge in [0.1, 0.15) is 0 Å². The molecule has 2 amide bonds. The Morgan fingerprint density at radius 3 is 2.29 bits per heavy atom. The van der Waals surface area contributed by atoms with E-state index in [1.807, 2.05) is 19.1 Å². The van der Waals surface area contributed by atoms with E-state index in [0.29, 0.717) is 17.9 Å². The van der Waals surface area contributed by atoms with Crippen LogP contribution in [0.3, 0.4) is 0 Å². The summed E-state index contributed by atoms with van der Waals surface area (Å²) < 4.78 is 27.5. The Kier molecular flexibility index (Phi) is 4.48. The van der Waals surface area contributed by atoms with Crippen molar-refractivity contribution in [2.24, 2.45) is 0 Å². The molecule has 130 valence electrons.